The molecule has 0 aliphatic heterocycles. The first-order valence-corrected chi connectivity index (χ1v) is 6.64. The van der Waals surface area contributed by atoms with Crippen LogP contribution in [0.4, 0.5) is 0 Å². The minimum atomic E-state index is 0.435. The zero-order chi connectivity index (χ0) is 11.5. The van der Waals surface area contributed by atoms with Crippen LogP contribution in [0, 0.1) is 17.3 Å². The summed E-state index contributed by atoms with van der Waals surface area (Å²) in [6.07, 6.45) is 5.67. The first-order valence-electron chi connectivity index (χ1n) is 6.64. The van der Waals surface area contributed by atoms with Gasteiger partial charge in [-0.05, 0) is 36.6 Å². The lowest BCUT2D eigenvalue weighted by Gasteiger charge is -2.33. The van der Waals surface area contributed by atoms with Gasteiger partial charge in [0.2, 0.25) is 0 Å². The Morgan fingerprint density at radius 1 is 1.20 bits per heavy atom. The van der Waals surface area contributed by atoms with E-state index in [1.54, 1.807) is 0 Å². The highest BCUT2D eigenvalue weighted by Crippen LogP contribution is 2.27. The van der Waals surface area contributed by atoms with Gasteiger partial charge in [-0.2, -0.15) is 0 Å². The molecule has 1 fully saturated rings. The van der Waals surface area contributed by atoms with Crippen LogP contribution in [0.1, 0.15) is 60.3 Å². The van der Waals surface area contributed by atoms with Crippen molar-refractivity contribution in [1.82, 2.24) is 5.32 Å². The predicted octanol–water partition coefficient (Wildman–Crippen LogP) is 3.84. The minimum Gasteiger partial charge on any atom is -0.313 e. The normalized spacial score (nSPS) is 30.2. The number of nitrogens with one attached hydrogen (secondary N) is 1. The van der Waals surface area contributed by atoms with Crippen molar-refractivity contribution in [1.29, 1.82) is 0 Å². The molecule has 0 aromatic heterocycles. The van der Waals surface area contributed by atoms with E-state index in [2.05, 4.69) is 39.9 Å². The second-order valence-corrected chi connectivity index (χ2v) is 6.54. The molecule has 0 bridgehead atoms. The lowest BCUT2D eigenvalue weighted by atomic mass is 9.81. The quantitative estimate of drug-likeness (QED) is 0.748. The first kappa shape index (κ1) is 13.0. The summed E-state index contributed by atoms with van der Waals surface area (Å²) in [7, 11) is 0. The highest BCUT2D eigenvalue weighted by Gasteiger charge is 2.24. The van der Waals surface area contributed by atoms with Crippen LogP contribution in [0.5, 0.6) is 0 Å². The van der Waals surface area contributed by atoms with Crippen LogP contribution in [0.25, 0.3) is 0 Å². The highest BCUT2D eigenvalue weighted by molar-refractivity contribution is 4.80. The standard InChI is InChI=1S/C14H29N/c1-11-8-6-7-9-13(11)15-10-12(2)14(3,4)5/h11-13,15H,6-10H2,1-5H3. The second-order valence-electron chi connectivity index (χ2n) is 6.54. The van der Waals surface area contributed by atoms with Gasteiger partial charge in [-0.25, -0.2) is 0 Å². The van der Waals surface area contributed by atoms with Gasteiger partial charge in [0.1, 0.15) is 0 Å². The maximum Gasteiger partial charge on any atom is 0.00928 e. The molecular formula is C14H29N. The van der Waals surface area contributed by atoms with Crippen LogP contribution in [0.3, 0.4) is 0 Å². The molecule has 1 aliphatic rings. The van der Waals surface area contributed by atoms with Crippen LogP contribution in [-0.2, 0) is 0 Å². The third kappa shape index (κ3) is 4.14. The van der Waals surface area contributed by atoms with Gasteiger partial charge >= 0.3 is 0 Å². The number of rotatable bonds is 3. The maximum atomic E-state index is 3.78. The average molecular weight is 211 g/mol. The highest BCUT2D eigenvalue weighted by atomic mass is 14.9. The third-order valence-corrected chi connectivity index (χ3v) is 4.28. The maximum absolute atomic E-state index is 3.78. The monoisotopic (exact) mass is 211 g/mol. The number of hydrogen-bond donors (Lipinski definition) is 1. The van der Waals surface area contributed by atoms with Gasteiger partial charge < -0.3 is 5.32 Å². The van der Waals surface area contributed by atoms with Crippen molar-refractivity contribution < 1.29 is 0 Å². The largest absolute Gasteiger partial charge is 0.313 e. The Hall–Kier alpha value is -0.0400. The molecule has 0 aromatic carbocycles. The Morgan fingerprint density at radius 2 is 1.80 bits per heavy atom. The molecule has 0 aromatic rings. The summed E-state index contributed by atoms with van der Waals surface area (Å²) in [5.41, 5.74) is 0.435. The molecule has 3 atom stereocenters. The molecule has 1 rings (SSSR count). The second kappa shape index (κ2) is 5.34. The molecule has 1 aliphatic carbocycles. The van der Waals surface area contributed by atoms with E-state index in [1.165, 1.54) is 32.2 Å². The lowest BCUT2D eigenvalue weighted by Crippen LogP contribution is -2.41. The van der Waals surface area contributed by atoms with E-state index in [0.29, 0.717) is 5.41 Å². The zero-order valence-corrected chi connectivity index (χ0v) is 11.3. The Labute approximate surface area is 96.0 Å². The fourth-order valence-electron chi connectivity index (χ4n) is 2.25. The smallest absolute Gasteiger partial charge is 0.00928 e. The molecule has 15 heavy (non-hydrogen) atoms. The fraction of sp³-hybridized carbons (Fsp3) is 1.00. The summed E-state index contributed by atoms with van der Waals surface area (Å²) in [6, 6.07) is 0.781. The van der Waals surface area contributed by atoms with Crippen LogP contribution < -0.4 is 5.32 Å². The average Bonchev–Trinajstić information content (AvgIpc) is 2.14. The molecule has 1 N–H and O–H groups in total. The summed E-state index contributed by atoms with van der Waals surface area (Å²) < 4.78 is 0. The molecule has 0 amide bonds. The summed E-state index contributed by atoms with van der Waals surface area (Å²) in [5, 5.41) is 3.78. The summed E-state index contributed by atoms with van der Waals surface area (Å²) in [4.78, 5) is 0. The van der Waals surface area contributed by atoms with Gasteiger partial charge in [0.15, 0.2) is 0 Å². The molecule has 0 radical (unpaired) electrons. The zero-order valence-electron chi connectivity index (χ0n) is 11.3. The lowest BCUT2D eigenvalue weighted by molar-refractivity contribution is 0.214. The molecular weight excluding hydrogens is 182 g/mol. The van der Waals surface area contributed by atoms with Crippen LogP contribution >= 0.6 is 0 Å². The van der Waals surface area contributed by atoms with Gasteiger partial charge in [-0.3, -0.25) is 0 Å². The Balaban J connectivity index is 2.29. The van der Waals surface area contributed by atoms with Crippen molar-refractivity contribution in [3.63, 3.8) is 0 Å². The summed E-state index contributed by atoms with van der Waals surface area (Å²) in [5.74, 6) is 1.64. The molecule has 90 valence electrons. The van der Waals surface area contributed by atoms with Crippen molar-refractivity contribution in [3.05, 3.63) is 0 Å². The van der Waals surface area contributed by atoms with E-state index >= 15 is 0 Å². The van der Waals surface area contributed by atoms with Crippen molar-refractivity contribution >= 4 is 0 Å². The number of hydrogen-bond acceptors (Lipinski definition) is 1. The van der Waals surface area contributed by atoms with Crippen LogP contribution in [0.2, 0.25) is 0 Å². The SMILES string of the molecule is CC1CCCCC1NCC(C)C(C)(C)C. The first-order chi connectivity index (χ1) is 6.91. The molecule has 0 spiro atoms. The van der Waals surface area contributed by atoms with E-state index in [4.69, 9.17) is 0 Å². The molecule has 0 saturated heterocycles. The van der Waals surface area contributed by atoms with E-state index in [-0.39, 0.29) is 0 Å². The van der Waals surface area contributed by atoms with Crippen molar-refractivity contribution in [2.24, 2.45) is 17.3 Å². The Kier molecular flexibility index (Phi) is 4.64. The van der Waals surface area contributed by atoms with Gasteiger partial charge in [0, 0.05) is 6.04 Å². The molecule has 3 unspecified atom stereocenters. The van der Waals surface area contributed by atoms with Gasteiger partial charge in [0.05, 0.1) is 0 Å². The van der Waals surface area contributed by atoms with Crippen molar-refractivity contribution in [3.8, 4) is 0 Å². The van der Waals surface area contributed by atoms with E-state index in [0.717, 1.165) is 17.9 Å². The fourth-order valence-corrected chi connectivity index (χ4v) is 2.25. The molecule has 1 nitrogen and oxygen atoms in total. The van der Waals surface area contributed by atoms with Crippen molar-refractivity contribution in [2.75, 3.05) is 6.54 Å². The van der Waals surface area contributed by atoms with Gasteiger partial charge in [0.25, 0.3) is 0 Å². The molecule has 0 heterocycles. The Morgan fingerprint density at radius 3 is 2.33 bits per heavy atom. The molecule has 1 heteroatoms. The van der Waals surface area contributed by atoms with E-state index < -0.39 is 0 Å². The molecule has 1 saturated carbocycles. The predicted molar refractivity (Wildman–Crippen MR) is 68.0 cm³/mol. The van der Waals surface area contributed by atoms with Gasteiger partial charge in [-0.15, -0.1) is 0 Å². The Bertz CT molecular complexity index is 180. The summed E-state index contributed by atoms with van der Waals surface area (Å²) >= 11 is 0. The minimum absolute atomic E-state index is 0.435. The third-order valence-electron chi connectivity index (χ3n) is 4.28. The van der Waals surface area contributed by atoms with E-state index in [1.807, 2.05) is 0 Å². The van der Waals surface area contributed by atoms with Gasteiger partial charge in [-0.1, -0.05) is 47.5 Å². The summed E-state index contributed by atoms with van der Waals surface area (Å²) in [6.45, 7) is 13.0. The van der Waals surface area contributed by atoms with Crippen molar-refractivity contribution in [2.45, 2.75) is 66.3 Å². The van der Waals surface area contributed by atoms with E-state index in [9.17, 15) is 0 Å². The topological polar surface area (TPSA) is 12.0 Å². The van der Waals surface area contributed by atoms with Crippen LogP contribution in [-0.4, -0.2) is 12.6 Å². The van der Waals surface area contributed by atoms with Crippen LogP contribution in [0.15, 0.2) is 0 Å².